The molecule has 5 heteroatoms. The summed E-state index contributed by atoms with van der Waals surface area (Å²) in [5, 5.41) is 0. The Balaban J connectivity index is 2.11. The summed E-state index contributed by atoms with van der Waals surface area (Å²) >= 11 is 0. The maximum Gasteiger partial charge on any atom is 0.433 e. The highest BCUT2D eigenvalue weighted by Crippen LogP contribution is 2.34. The second-order valence-electron chi connectivity index (χ2n) is 4.36. The first-order valence-corrected chi connectivity index (χ1v) is 5.78. The fourth-order valence-electron chi connectivity index (χ4n) is 2.23. The minimum Gasteiger partial charge on any atom is -0.372 e. The lowest BCUT2D eigenvalue weighted by Gasteiger charge is -2.10. The molecule has 0 bridgehead atoms. The lowest BCUT2D eigenvalue weighted by Crippen LogP contribution is -2.07. The standard InChI is InChI=1S/C14H10F3NO/c15-14(16,17)13-6-9(4-5-18-13)11-3-1-2-10-7-19-8-12(10)11/h1-6H,7-8H2. The summed E-state index contributed by atoms with van der Waals surface area (Å²) in [6.07, 6.45) is -3.24. The average molecular weight is 265 g/mol. The van der Waals surface area contributed by atoms with E-state index in [2.05, 4.69) is 4.98 Å². The molecule has 0 unspecified atom stereocenters. The van der Waals surface area contributed by atoms with Crippen LogP contribution in [-0.4, -0.2) is 4.98 Å². The third kappa shape index (κ3) is 2.21. The first-order chi connectivity index (χ1) is 9.05. The second-order valence-corrected chi connectivity index (χ2v) is 4.36. The van der Waals surface area contributed by atoms with Gasteiger partial charge in [-0.3, -0.25) is 4.98 Å². The molecule has 0 N–H and O–H groups in total. The van der Waals surface area contributed by atoms with Gasteiger partial charge in [0.1, 0.15) is 5.69 Å². The summed E-state index contributed by atoms with van der Waals surface area (Å²) in [5.41, 5.74) is 2.42. The van der Waals surface area contributed by atoms with E-state index in [1.807, 2.05) is 18.2 Å². The third-order valence-electron chi connectivity index (χ3n) is 3.14. The summed E-state index contributed by atoms with van der Waals surface area (Å²) in [4.78, 5) is 3.37. The van der Waals surface area contributed by atoms with Crippen molar-refractivity contribution in [1.29, 1.82) is 0 Å². The number of benzene rings is 1. The van der Waals surface area contributed by atoms with Crippen molar-refractivity contribution in [2.45, 2.75) is 19.4 Å². The van der Waals surface area contributed by atoms with E-state index in [4.69, 9.17) is 4.74 Å². The number of hydrogen-bond donors (Lipinski definition) is 0. The Hall–Kier alpha value is -1.88. The van der Waals surface area contributed by atoms with Gasteiger partial charge in [0, 0.05) is 6.20 Å². The van der Waals surface area contributed by atoms with Gasteiger partial charge < -0.3 is 4.74 Å². The molecule has 2 nitrogen and oxygen atoms in total. The van der Waals surface area contributed by atoms with Crippen molar-refractivity contribution in [2.24, 2.45) is 0 Å². The minimum absolute atomic E-state index is 0.440. The van der Waals surface area contributed by atoms with Gasteiger partial charge in [-0.25, -0.2) is 0 Å². The zero-order chi connectivity index (χ0) is 13.5. The molecule has 1 aromatic carbocycles. The van der Waals surface area contributed by atoms with Crippen LogP contribution in [0.25, 0.3) is 11.1 Å². The number of fused-ring (bicyclic) bond motifs is 1. The number of aromatic nitrogens is 1. The highest BCUT2D eigenvalue weighted by molar-refractivity contribution is 5.69. The molecule has 0 saturated carbocycles. The smallest absolute Gasteiger partial charge is 0.372 e. The van der Waals surface area contributed by atoms with Gasteiger partial charge >= 0.3 is 6.18 Å². The lowest BCUT2D eigenvalue weighted by atomic mass is 9.97. The maximum absolute atomic E-state index is 12.7. The van der Waals surface area contributed by atoms with Crippen molar-refractivity contribution in [2.75, 3.05) is 0 Å². The van der Waals surface area contributed by atoms with Crippen molar-refractivity contribution < 1.29 is 17.9 Å². The molecule has 19 heavy (non-hydrogen) atoms. The van der Waals surface area contributed by atoms with E-state index in [-0.39, 0.29) is 0 Å². The molecule has 1 aromatic heterocycles. The Labute approximate surface area is 107 Å². The SMILES string of the molecule is FC(F)(F)c1cc(-c2cccc3c2COC3)ccn1. The Morgan fingerprint density at radius 1 is 1.11 bits per heavy atom. The summed E-state index contributed by atoms with van der Waals surface area (Å²) in [5.74, 6) is 0. The van der Waals surface area contributed by atoms with Gasteiger partial charge in [-0.2, -0.15) is 13.2 Å². The fraction of sp³-hybridized carbons (Fsp3) is 0.214. The summed E-state index contributed by atoms with van der Waals surface area (Å²) < 4.78 is 43.3. The van der Waals surface area contributed by atoms with Crippen LogP contribution in [-0.2, 0) is 24.1 Å². The molecule has 0 atom stereocenters. The van der Waals surface area contributed by atoms with Gasteiger partial charge in [0.15, 0.2) is 0 Å². The number of hydrogen-bond acceptors (Lipinski definition) is 2. The van der Waals surface area contributed by atoms with Crippen LogP contribution in [0.15, 0.2) is 36.5 Å². The molecule has 0 aliphatic carbocycles. The molecule has 0 radical (unpaired) electrons. The molecule has 0 amide bonds. The molecule has 3 rings (SSSR count). The van der Waals surface area contributed by atoms with E-state index < -0.39 is 11.9 Å². The zero-order valence-electron chi connectivity index (χ0n) is 9.87. The van der Waals surface area contributed by atoms with Crippen molar-refractivity contribution >= 4 is 0 Å². The topological polar surface area (TPSA) is 22.1 Å². The Morgan fingerprint density at radius 2 is 1.95 bits per heavy atom. The third-order valence-corrected chi connectivity index (χ3v) is 3.14. The van der Waals surface area contributed by atoms with E-state index >= 15 is 0 Å². The molecule has 2 heterocycles. The Morgan fingerprint density at radius 3 is 2.74 bits per heavy atom. The molecule has 1 aliphatic rings. The van der Waals surface area contributed by atoms with E-state index in [9.17, 15) is 13.2 Å². The number of pyridine rings is 1. The molecule has 0 spiro atoms. The van der Waals surface area contributed by atoms with Crippen molar-refractivity contribution in [3.63, 3.8) is 0 Å². The normalized spacial score (nSPS) is 14.5. The number of nitrogens with zero attached hydrogens (tertiary/aromatic N) is 1. The molecule has 0 fully saturated rings. The second kappa shape index (κ2) is 4.35. The van der Waals surface area contributed by atoms with Crippen LogP contribution < -0.4 is 0 Å². The van der Waals surface area contributed by atoms with Crippen LogP contribution in [0.4, 0.5) is 13.2 Å². The monoisotopic (exact) mass is 265 g/mol. The zero-order valence-corrected chi connectivity index (χ0v) is 9.87. The van der Waals surface area contributed by atoms with Gasteiger partial charge in [-0.1, -0.05) is 18.2 Å². The maximum atomic E-state index is 12.7. The number of halogens is 3. The van der Waals surface area contributed by atoms with E-state index in [1.54, 1.807) is 6.07 Å². The van der Waals surface area contributed by atoms with E-state index in [0.717, 1.165) is 22.8 Å². The molecule has 1 aliphatic heterocycles. The van der Waals surface area contributed by atoms with Gasteiger partial charge in [0.2, 0.25) is 0 Å². The summed E-state index contributed by atoms with van der Waals surface area (Å²) in [6, 6.07) is 8.23. The van der Waals surface area contributed by atoms with Crippen molar-refractivity contribution in [3.05, 3.63) is 53.3 Å². The van der Waals surface area contributed by atoms with Crippen LogP contribution in [0.2, 0.25) is 0 Å². The van der Waals surface area contributed by atoms with Gasteiger partial charge in [0.05, 0.1) is 13.2 Å². The van der Waals surface area contributed by atoms with E-state index in [1.165, 1.54) is 6.20 Å². The fourth-order valence-corrected chi connectivity index (χ4v) is 2.23. The minimum atomic E-state index is -4.43. The number of alkyl halides is 3. The summed E-state index contributed by atoms with van der Waals surface area (Å²) in [6.45, 7) is 0.954. The first-order valence-electron chi connectivity index (χ1n) is 5.78. The molecule has 2 aromatic rings. The van der Waals surface area contributed by atoms with Gasteiger partial charge in [0.25, 0.3) is 0 Å². The van der Waals surface area contributed by atoms with E-state index in [0.29, 0.717) is 18.8 Å². The molecular weight excluding hydrogens is 255 g/mol. The van der Waals surface area contributed by atoms with Crippen LogP contribution in [0, 0.1) is 0 Å². The van der Waals surface area contributed by atoms with Crippen LogP contribution >= 0.6 is 0 Å². The highest BCUT2D eigenvalue weighted by Gasteiger charge is 2.32. The van der Waals surface area contributed by atoms with Crippen LogP contribution in [0.3, 0.4) is 0 Å². The first kappa shape index (κ1) is 12.2. The van der Waals surface area contributed by atoms with Crippen molar-refractivity contribution in [3.8, 4) is 11.1 Å². The predicted molar refractivity (Wildman–Crippen MR) is 63.2 cm³/mol. The van der Waals surface area contributed by atoms with Crippen LogP contribution in [0.1, 0.15) is 16.8 Å². The largest absolute Gasteiger partial charge is 0.433 e. The number of ether oxygens (including phenoxy) is 1. The lowest BCUT2D eigenvalue weighted by molar-refractivity contribution is -0.141. The summed E-state index contributed by atoms with van der Waals surface area (Å²) in [7, 11) is 0. The van der Waals surface area contributed by atoms with Crippen LogP contribution in [0.5, 0.6) is 0 Å². The van der Waals surface area contributed by atoms with Gasteiger partial charge in [-0.05, 0) is 34.4 Å². The molecular formula is C14H10F3NO. The quantitative estimate of drug-likeness (QED) is 0.782. The number of rotatable bonds is 1. The van der Waals surface area contributed by atoms with Gasteiger partial charge in [-0.15, -0.1) is 0 Å². The van der Waals surface area contributed by atoms with Crippen molar-refractivity contribution in [1.82, 2.24) is 4.98 Å². The predicted octanol–water partition coefficient (Wildman–Crippen LogP) is 3.80. The molecule has 0 saturated heterocycles. The Bertz CT molecular complexity index is 622. The molecule has 98 valence electrons. The average Bonchev–Trinajstić information content (AvgIpc) is 2.86. The highest BCUT2D eigenvalue weighted by atomic mass is 19.4. The Kier molecular flexibility index (Phi) is 2.78.